The minimum atomic E-state index is 0.123. The number of anilines is 1. The molecule has 2 nitrogen and oxygen atoms in total. The van der Waals surface area contributed by atoms with Gasteiger partial charge in [0.25, 0.3) is 0 Å². The molecule has 0 fully saturated rings. The highest BCUT2D eigenvalue weighted by Crippen LogP contribution is 2.27. The number of allylic oxidation sites excluding steroid dienone is 1. The van der Waals surface area contributed by atoms with Crippen molar-refractivity contribution in [2.45, 2.75) is 13.8 Å². The molecule has 1 aromatic rings. The summed E-state index contributed by atoms with van der Waals surface area (Å²) in [6.07, 6.45) is 0. The first kappa shape index (κ1) is 10.7. The van der Waals surface area contributed by atoms with E-state index in [1.54, 1.807) is 0 Å². The molecule has 2 N–H and O–H groups in total. The smallest absolute Gasteiger partial charge is 0.108 e. The van der Waals surface area contributed by atoms with Gasteiger partial charge in [0.05, 0.1) is 4.55 Å². The fraction of sp³-hybridized carbons (Fsp3) is 0.250. The van der Waals surface area contributed by atoms with Crippen LogP contribution in [0.5, 0.6) is 0 Å². The van der Waals surface area contributed by atoms with E-state index in [2.05, 4.69) is 43.0 Å². The van der Waals surface area contributed by atoms with Crippen LogP contribution < -0.4 is 10.6 Å². The van der Waals surface area contributed by atoms with E-state index in [1.807, 2.05) is 6.07 Å². The van der Waals surface area contributed by atoms with E-state index in [9.17, 15) is 0 Å². The van der Waals surface area contributed by atoms with Crippen molar-refractivity contribution in [3.05, 3.63) is 41.7 Å². The van der Waals surface area contributed by atoms with Gasteiger partial charge < -0.3 is 10.6 Å². The first-order valence-corrected chi connectivity index (χ1v) is 7.52. The molecule has 1 aromatic carbocycles. The van der Waals surface area contributed by atoms with E-state index in [-0.39, 0.29) is 20.7 Å². The largest absolute Gasteiger partial charge is 0.385 e. The Bertz CT molecular complexity index is 421. The summed E-state index contributed by atoms with van der Waals surface area (Å²) >= 11 is 0.123. The highest BCUT2D eigenvalue weighted by atomic mass is 127. The van der Waals surface area contributed by atoms with Gasteiger partial charge in [-0.05, 0) is 35.1 Å². The average molecular weight is 314 g/mol. The first-order chi connectivity index (χ1) is 7.20. The summed E-state index contributed by atoms with van der Waals surface area (Å²) in [4.78, 5) is 2.23. The number of para-hydroxylation sites is 1. The maximum atomic E-state index is 6.15. The second-order valence-electron chi connectivity index (χ2n) is 3.56. The highest BCUT2D eigenvalue weighted by Gasteiger charge is 2.15. The van der Waals surface area contributed by atoms with Crippen molar-refractivity contribution in [1.82, 2.24) is 0 Å². The van der Waals surface area contributed by atoms with Crippen LogP contribution in [-0.2, 0) is 0 Å². The lowest BCUT2D eigenvalue weighted by molar-refractivity contribution is 1.03. The minimum absolute atomic E-state index is 0.123. The van der Waals surface area contributed by atoms with Gasteiger partial charge >= 0.3 is 0 Å². The van der Waals surface area contributed by atoms with Crippen LogP contribution in [0.2, 0.25) is 0 Å². The van der Waals surface area contributed by atoms with Gasteiger partial charge in [0, 0.05) is 5.69 Å². The lowest BCUT2D eigenvalue weighted by Crippen LogP contribution is -2.31. The normalized spacial score (nSPS) is 17.2. The summed E-state index contributed by atoms with van der Waals surface area (Å²) in [5, 5.41) is 0. The van der Waals surface area contributed by atoms with Crippen molar-refractivity contribution in [3.63, 3.8) is 0 Å². The molecule has 0 bridgehead atoms. The molecule has 0 aromatic heterocycles. The highest BCUT2D eigenvalue weighted by molar-refractivity contribution is 14.2. The molecule has 0 aliphatic carbocycles. The molecule has 0 saturated heterocycles. The van der Waals surface area contributed by atoms with Crippen molar-refractivity contribution >= 4 is 29.9 Å². The van der Waals surface area contributed by atoms with Crippen molar-refractivity contribution in [1.29, 1.82) is 0 Å². The number of hydrogen-bond donors (Lipinski definition) is 1. The van der Waals surface area contributed by atoms with Crippen LogP contribution in [-0.4, -0.2) is 8.06 Å². The molecule has 80 valence electrons. The second-order valence-corrected chi connectivity index (χ2v) is 6.62. The molecule has 0 radical (unpaired) electrons. The van der Waals surface area contributed by atoms with E-state index >= 15 is 0 Å². The maximum absolute atomic E-state index is 6.15. The number of hydrogen-bond acceptors (Lipinski definition) is 2. The van der Waals surface area contributed by atoms with Crippen LogP contribution in [0.15, 0.2) is 41.7 Å². The van der Waals surface area contributed by atoms with Gasteiger partial charge in [-0.25, -0.2) is 0 Å². The summed E-state index contributed by atoms with van der Waals surface area (Å²) in [6.45, 7) is 4.33. The Kier molecular flexibility index (Phi) is 3.09. The Morgan fingerprint density at radius 3 is 2.53 bits per heavy atom. The van der Waals surface area contributed by atoms with Crippen molar-refractivity contribution in [2.75, 3.05) is 9.45 Å². The monoisotopic (exact) mass is 314 g/mol. The van der Waals surface area contributed by atoms with Crippen LogP contribution in [0, 0.1) is 0 Å². The van der Waals surface area contributed by atoms with Crippen LogP contribution >= 0.6 is 20.7 Å². The fourth-order valence-electron chi connectivity index (χ4n) is 1.51. The molecular formula is C12H15IN2. The van der Waals surface area contributed by atoms with E-state index in [4.69, 9.17) is 5.73 Å². The predicted octanol–water partition coefficient (Wildman–Crippen LogP) is 2.82. The Morgan fingerprint density at radius 2 is 1.87 bits per heavy atom. The molecule has 0 unspecified atom stereocenters. The van der Waals surface area contributed by atoms with Crippen LogP contribution in [0.25, 0.3) is 0 Å². The molecule has 0 saturated carbocycles. The second kappa shape index (κ2) is 4.35. The predicted molar refractivity (Wildman–Crippen MR) is 75.4 cm³/mol. The third kappa shape index (κ3) is 2.07. The number of alkyl halides is 1. The molecule has 15 heavy (non-hydrogen) atoms. The lowest BCUT2D eigenvalue weighted by Gasteiger charge is -2.28. The van der Waals surface area contributed by atoms with Crippen LogP contribution in [0.4, 0.5) is 5.69 Å². The summed E-state index contributed by atoms with van der Waals surface area (Å²) in [7, 11) is 0. The number of benzene rings is 1. The Hall–Kier alpha value is -0.840. The van der Waals surface area contributed by atoms with Gasteiger partial charge in [-0.1, -0.05) is 38.9 Å². The van der Waals surface area contributed by atoms with Gasteiger partial charge in [-0.2, -0.15) is 0 Å². The van der Waals surface area contributed by atoms with Gasteiger partial charge in [-0.15, -0.1) is 0 Å². The minimum Gasteiger partial charge on any atom is -0.385 e. The third-order valence-electron chi connectivity index (χ3n) is 2.64. The van der Waals surface area contributed by atoms with E-state index in [1.165, 1.54) is 14.8 Å². The fourth-order valence-corrected chi connectivity index (χ4v) is 3.97. The summed E-state index contributed by atoms with van der Waals surface area (Å²) in [5.74, 6) is 0.921. The van der Waals surface area contributed by atoms with E-state index in [0.717, 1.165) is 10.4 Å². The Morgan fingerprint density at radius 1 is 1.20 bits per heavy atom. The van der Waals surface area contributed by atoms with Crippen LogP contribution in [0.3, 0.4) is 0 Å². The molecule has 3 heteroatoms. The average Bonchev–Trinajstić information content (AvgIpc) is 2.27. The molecule has 0 spiro atoms. The van der Waals surface area contributed by atoms with Crippen LogP contribution in [0.1, 0.15) is 13.8 Å². The van der Waals surface area contributed by atoms with E-state index in [0.29, 0.717) is 0 Å². The molecule has 1 heterocycles. The van der Waals surface area contributed by atoms with Gasteiger partial charge in [0.1, 0.15) is 5.82 Å². The molecule has 1 aliphatic heterocycles. The van der Waals surface area contributed by atoms with E-state index < -0.39 is 0 Å². The van der Waals surface area contributed by atoms with Crippen molar-refractivity contribution < 1.29 is 0 Å². The summed E-state index contributed by atoms with van der Waals surface area (Å²) in [5.41, 5.74) is 8.63. The first-order valence-electron chi connectivity index (χ1n) is 4.92. The summed E-state index contributed by atoms with van der Waals surface area (Å²) < 4.78 is 2.61. The zero-order chi connectivity index (χ0) is 10.8. The topological polar surface area (TPSA) is 29.3 Å². The lowest BCUT2D eigenvalue weighted by atomic mass is 10.2. The maximum Gasteiger partial charge on any atom is 0.108 e. The molecular weight excluding hydrogens is 299 g/mol. The van der Waals surface area contributed by atoms with Crippen molar-refractivity contribution in [2.24, 2.45) is 5.73 Å². The number of rotatable bonds is 1. The van der Waals surface area contributed by atoms with Gasteiger partial charge in [0.15, 0.2) is 0 Å². The van der Waals surface area contributed by atoms with Crippen molar-refractivity contribution in [3.8, 4) is 0 Å². The molecule has 2 rings (SSSR count). The molecule has 0 amide bonds. The Labute approximate surface area is 101 Å². The molecule has 0 atom stereocenters. The number of nitrogens with two attached hydrogens (primary N) is 1. The zero-order valence-electron chi connectivity index (χ0n) is 9.00. The summed E-state index contributed by atoms with van der Waals surface area (Å²) in [6, 6.07) is 10.4. The SMILES string of the molecule is CC1=ICN(c2ccccc2)C(N)=C1C. The Balaban J connectivity index is 2.36. The number of nitrogens with zero attached hydrogens (tertiary/aromatic N) is 1. The zero-order valence-corrected chi connectivity index (χ0v) is 11.2. The van der Waals surface area contributed by atoms with Gasteiger partial charge in [0.2, 0.25) is 0 Å². The number of halogens is 1. The van der Waals surface area contributed by atoms with Gasteiger partial charge in [-0.3, -0.25) is 0 Å². The standard InChI is InChI=1S/C12H15IN2/c1-9-10(2)13-8-15(12(9)14)11-6-4-3-5-7-11/h3-7H,8,14H2,1-2H3. The quantitative estimate of drug-likeness (QED) is 0.491. The third-order valence-corrected chi connectivity index (χ3v) is 5.62. The molecule has 1 aliphatic rings.